The third-order valence-electron chi connectivity index (χ3n) is 10.9. The highest BCUT2D eigenvalue weighted by Crippen LogP contribution is 2.47. The van der Waals surface area contributed by atoms with E-state index in [-0.39, 0.29) is 0 Å². The molecule has 1 aromatic heterocycles. The van der Waals surface area contributed by atoms with Crippen molar-refractivity contribution in [2.45, 2.75) is 57.9 Å². The van der Waals surface area contributed by atoms with Crippen LogP contribution in [-0.2, 0) is 6.42 Å². The number of hydrogen-bond donors (Lipinski definition) is 0. The van der Waals surface area contributed by atoms with Crippen LogP contribution in [-0.4, -0.2) is 16.8 Å². The molecular weight excluding hydrogens is 581 g/mol. The van der Waals surface area contributed by atoms with E-state index in [2.05, 4.69) is 151 Å². The molecular formula is C46H40N2. The van der Waals surface area contributed by atoms with Gasteiger partial charge in [0.05, 0.1) is 17.1 Å². The molecule has 0 N–H and O–H groups in total. The van der Waals surface area contributed by atoms with Gasteiger partial charge in [-0.1, -0.05) is 103 Å². The highest BCUT2D eigenvalue weighted by Gasteiger charge is 2.29. The first-order chi connectivity index (χ1) is 23.7. The zero-order chi connectivity index (χ0) is 32.2. The first-order valence-corrected chi connectivity index (χ1v) is 17.6. The molecule has 9 rings (SSSR count). The van der Waals surface area contributed by atoms with E-state index in [9.17, 15) is 0 Å². The van der Waals surface area contributed by atoms with E-state index in [1.54, 1.807) is 0 Å². The van der Waals surface area contributed by atoms with Crippen LogP contribution < -0.4 is 0 Å². The molecule has 5 aromatic rings. The molecule has 0 saturated heterocycles. The lowest BCUT2D eigenvalue weighted by atomic mass is 9.73. The van der Waals surface area contributed by atoms with Gasteiger partial charge in [0.25, 0.3) is 0 Å². The molecule has 1 aliphatic heterocycles. The molecule has 0 radical (unpaired) electrons. The second-order valence-corrected chi connectivity index (χ2v) is 13.7. The molecule has 2 heterocycles. The minimum absolute atomic E-state index is 0.315. The lowest BCUT2D eigenvalue weighted by Crippen LogP contribution is -2.14. The maximum absolute atomic E-state index is 4.52. The number of hydrogen-bond acceptors (Lipinski definition) is 1. The van der Waals surface area contributed by atoms with Crippen molar-refractivity contribution >= 4 is 56.5 Å². The van der Waals surface area contributed by atoms with Crippen molar-refractivity contribution in [3.05, 3.63) is 160 Å². The Morgan fingerprint density at radius 3 is 2.35 bits per heavy atom. The SMILES string of the molecule is CC=C(C1=C2CC=Cc3c(C4C=CC=C(n5c6ccccc6c6ccccc65)C4)ccc(c32)CC1)c1ccc(C2=CC=NC(C)C2)cc1. The largest absolute Gasteiger partial charge is 0.313 e. The van der Waals surface area contributed by atoms with E-state index in [0.717, 1.165) is 32.1 Å². The van der Waals surface area contributed by atoms with Crippen LogP contribution in [0.1, 0.15) is 78.8 Å². The highest BCUT2D eigenvalue weighted by molar-refractivity contribution is 6.10. The Hall–Kier alpha value is -5.21. The average Bonchev–Trinajstić information content (AvgIpc) is 3.48. The van der Waals surface area contributed by atoms with E-state index in [1.165, 1.54) is 83.2 Å². The van der Waals surface area contributed by atoms with Crippen LogP contribution in [0, 0.1) is 0 Å². The fourth-order valence-corrected chi connectivity index (χ4v) is 8.71. The number of aromatic nitrogens is 1. The summed E-state index contributed by atoms with van der Waals surface area (Å²) in [5.41, 5.74) is 18.2. The molecule has 2 atom stereocenters. The summed E-state index contributed by atoms with van der Waals surface area (Å²) < 4.78 is 2.49. The quantitative estimate of drug-likeness (QED) is 0.186. The van der Waals surface area contributed by atoms with Crippen molar-refractivity contribution in [3.63, 3.8) is 0 Å². The Bertz CT molecular complexity index is 2270. The van der Waals surface area contributed by atoms with Crippen molar-refractivity contribution in [1.82, 2.24) is 4.57 Å². The molecule has 2 nitrogen and oxygen atoms in total. The standard InChI is InChI=1S/C46H40N2/c1-3-37(32-20-18-31(19-21-32)34-26-27-47-30(2)28-34)39-25-23-33-22-24-38(42-14-9-15-43(39)46(33)42)35-10-8-11-36(29-35)48-44-16-6-4-12-40(44)41-13-5-7-17-45(41)48/h3-14,16-22,24,26-27,30,35H,15,23,25,28-29H2,1-2H3. The van der Waals surface area contributed by atoms with Crippen LogP contribution in [0.5, 0.6) is 0 Å². The minimum atomic E-state index is 0.315. The summed E-state index contributed by atoms with van der Waals surface area (Å²) in [6.07, 6.45) is 23.4. The van der Waals surface area contributed by atoms with Crippen molar-refractivity contribution in [1.29, 1.82) is 0 Å². The Kier molecular flexibility index (Phi) is 7.12. The summed E-state index contributed by atoms with van der Waals surface area (Å²) in [5, 5.41) is 2.64. The lowest BCUT2D eigenvalue weighted by molar-refractivity contribution is 0.768. The summed E-state index contributed by atoms with van der Waals surface area (Å²) >= 11 is 0. The highest BCUT2D eigenvalue weighted by atomic mass is 15.0. The van der Waals surface area contributed by atoms with Gasteiger partial charge in [-0.05, 0) is 126 Å². The van der Waals surface area contributed by atoms with Gasteiger partial charge in [0.15, 0.2) is 0 Å². The predicted molar refractivity (Wildman–Crippen MR) is 206 cm³/mol. The number of dihydropyridines is 1. The summed E-state index contributed by atoms with van der Waals surface area (Å²) in [5.74, 6) is 0.315. The molecule has 2 unspecified atom stereocenters. The molecule has 4 aromatic carbocycles. The van der Waals surface area contributed by atoms with Crippen molar-refractivity contribution in [2.75, 3.05) is 0 Å². The summed E-state index contributed by atoms with van der Waals surface area (Å²) in [6.45, 7) is 4.40. The minimum Gasteiger partial charge on any atom is -0.313 e. The second kappa shape index (κ2) is 11.8. The molecule has 0 fully saturated rings. The second-order valence-electron chi connectivity index (χ2n) is 13.7. The molecule has 4 aliphatic rings. The number of aliphatic imine (C=N–C) groups is 1. The van der Waals surface area contributed by atoms with Crippen LogP contribution in [0.4, 0.5) is 0 Å². The van der Waals surface area contributed by atoms with Crippen LogP contribution >= 0.6 is 0 Å². The summed E-state index contributed by atoms with van der Waals surface area (Å²) in [4.78, 5) is 4.52. The van der Waals surface area contributed by atoms with E-state index in [1.807, 2.05) is 6.21 Å². The lowest BCUT2D eigenvalue weighted by Gasteiger charge is -2.32. The summed E-state index contributed by atoms with van der Waals surface area (Å²) in [6, 6.07) is 32.2. The maximum atomic E-state index is 4.52. The van der Waals surface area contributed by atoms with Crippen LogP contribution in [0.2, 0.25) is 0 Å². The molecule has 0 spiro atoms. The molecule has 0 saturated carbocycles. The molecule has 48 heavy (non-hydrogen) atoms. The maximum Gasteiger partial charge on any atom is 0.0537 e. The summed E-state index contributed by atoms with van der Waals surface area (Å²) in [7, 11) is 0. The van der Waals surface area contributed by atoms with Gasteiger partial charge in [-0.15, -0.1) is 0 Å². The van der Waals surface area contributed by atoms with E-state index < -0.39 is 0 Å². The number of nitrogens with zero attached hydrogens (tertiary/aromatic N) is 2. The van der Waals surface area contributed by atoms with Gasteiger partial charge >= 0.3 is 0 Å². The molecule has 0 amide bonds. The number of rotatable bonds is 5. The van der Waals surface area contributed by atoms with Gasteiger partial charge in [0.2, 0.25) is 0 Å². The molecule has 2 heteroatoms. The number of para-hydroxylation sites is 2. The molecule has 234 valence electrons. The smallest absolute Gasteiger partial charge is 0.0537 e. The van der Waals surface area contributed by atoms with Crippen molar-refractivity contribution in [2.24, 2.45) is 4.99 Å². The first kappa shape index (κ1) is 29.0. The van der Waals surface area contributed by atoms with Crippen molar-refractivity contribution in [3.8, 4) is 0 Å². The van der Waals surface area contributed by atoms with Crippen LogP contribution in [0.25, 0.3) is 50.3 Å². The number of fused-ring (bicyclic) bond motifs is 3. The Labute approximate surface area is 283 Å². The van der Waals surface area contributed by atoms with Gasteiger partial charge in [-0.25, -0.2) is 0 Å². The normalized spacial score (nSPS) is 20.3. The van der Waals surface area contributed by atoms with Gasteiger partial charge < -0.3 is 4.57 Å². The number of allylic oxidation sites excluding steroid dienone is 10. The van der Waals surface area contributed by atoms with Gasteiger partial charge in [-0.3, -0.25) is 4.99 Å². The first-order valence-electron chi connectivity index (χ1n) is 17.6. The van der Waals surface area contributed by atoms with Crippen LogP contribution in [0.3, 0.4) is 0 Å². The Balaban J connectivity index is 1.08. The van der Waals surface area contributed by atoms with Gasteiger partial charge in [0, 0.05) is 28.6 Å². The van der Waals surface area contributed by atoms with E-state index in [4.69, 9.17) is 0 Å². The monoisotopic (exact) mass is 620 g/mol. The fraction of sp³-hybridized carbons (Fsp3) is 0.196. The fourth-order valence-electron chi connectivity index (χ4n) is 8.71. The van der Waals surface area contributed by atoms with Crippen LogP contribution in [0.15, 0.2) is 132 Å². The predicted octanol–water partition coefficient (Wildman–Crippen LogP) is 11.8. The number of benzene rings is 4. The average molecular weight is 621 g/mol. The zero-order valence-corrected chi connectivity index (χ0v) is 27.8. The molecule has 0 bridgehead atoms. The molecule has 3 aliphatic carbocycles. The topological polar surface area (TPSA) is 17.3 Å². The van der Waals surface area contributed by atoms with Gasteiger partial charge in [0.1, 0.15) is 0 Å². The van der Waals surface area contributed by atoms with E-state index >= 15 is 0 Å². The zero-order valence-electron chi connectivity index (χ0n) is 27.8. The Morgan fingerprint density at radius 2 is 1.60 bits per heavy atom. The van der Waals surface area contributed by atoms with E-state index in [0.29, 0.717) is 12.0 Å². The third kappa shape index (κ3) is 4.73. The van der Waals surface area contributed by atoms with Crippen molar-refractivity contribution < 1.29 is 0 Å². The Morgan fingerprint density at radius 1 is 0.833 bits per heavy atom. The third-order valence-corrected chi connectivity index (χ3v) is 10.9. The van der Waals surface area contributed by atoms with Gasteiger partial charge in [-0.2, -0.15) is 0 Å². The number of aryl methyl sites for hydroxylation is 1.